The third-order valence-electron chi connectivity index (χ3n) is 8.71. The van der Waals surface area contributed by atoms with Crippen molar-refractivity contribution in [2.45, 2.75) is 97.8 Å². The van der Waals surface area contributed by atoms with Gasteiger partial charge in [0.1, 0.15) is 18.7 Å². The maximum atomic E-state index is 13.6. The number of likely N-dealkylation sites (tertiary alicyclic amines) is 1. The number of carbonyl (C=O) groups is 6. The van der Waals surface area contributed by atoms with E-state index in [1.54, 1.807) is 38.1 Å². The van der Waals surface area contributed by atoms with Crippen LogP contribution in [0.5, 0.6) is 0 Å². The lowest BCUT2D eigenvalue weighted by atomic mass is 9.94. The van der Waals surface area contributed by atoms with Crippen LogP contribution in [0, 0.1) is 17.8 Å². The second-order valence-corrected chi connectivity index (χ2v) is 13.5. The first-order valence-corrected chi connectivity index (χ1v) is 17.6. The fraction of sp³-hybridized carbons (Fsp3) is 0.526. The highest BCUT2D eigenvalue weighted by molar-refractivity contribution is 6.03. The summed E-state index contributed by atoms with van der Waals surface area (Å²) >= 11 is 0. The van der Waals surface area contributed by atoms with Gasteiger partial charge in [-0.25, -0.2) is 0 Å². The van der Waals surface area contributed by atoms with Crippen LogP contribution < -0.4 is 21.7 Å². The third-order valence-corrected chi connectivity index (χ3v) is 8.71. The summed E-state index contributed by atoms with van der Waals surface area (Å²) in [7, 11) is 0. The molecule has 0 bridgehead atoms. The zero-order valence-electron chi connectivity index (χ0n) is 29.7. The minimum Gasteiger partial charge on any atom is -0.461 e. The predicted molar refractivity (Wildman–Crippen MR) is 190 cm³/mol. The van der Waals surface area contributed by atoms with Crippen molar-refractivity contribution in [2.75, 3.05) is 18.4 Å². The van der Waals surface area contributed by atoms with Crippen molar-refractivity contribution in [3.8, 4) is 0 Å². The standard InChI is InChI=1S/C38H53N5O7/c1-25(2)30-23-34(45)43(37(30)48)21-10-6-9-15-33(44)41-32(22-27-12-7-5-8-13-27)36(47)42-31(14-11-20-39)35(46)40-29-18-16-28(17-19-29)24-50-38(49)26(3)4/h5,7-8,12-13,16-19,25-26,30-32H,6,9-11,14-15,20-24,39H2,1-4H3,(H,40,46)(H,41,44)(H,42,47)/t30?,31-,32-/m0/s1. The Hall–Kier alpha value is -4.58. The van der Waals surface area contributed by atoms with Crippen molar-refractivity contribution in [2.24, 2.45) is 23.5 Å². The SMILES string of the molecule is CC(C)C(=O)OCc1ccc(NC(=O)[C@H](CCCN)NC(=O)[C@H](Cc2ccccc2)NC(=O)CCCCCN2C(=O)CC(C(C)C)C2=O)cc1. The summed E-state index contributed by atoms with van der Waals surface area (Å²) in [6.07, 6.45) is 3.18. The number of anilines is 1. The van der Waals surface area contributed by atoms with Crippen LogP contribution in [-0.2, 0) is 46.5 Å². The molecular weight excluding hydrogens is 638 g/mol. The molecule has 1 aliphatic rings. The Bertz CT molecular complexity index is 1450. The Morgan fingerprint density at radius 2 is 1.54 bits per heavy atom. The second-order valence-electron chi connectivity index (χ2n) is 13.5. The molecule has 5 N–H and O–H groups in total. The minimum atomic E-state index is -0.932. The molecule has 0 aliphatic carbocycles. The number of nitrogens with one attached hydrogen (secondary N) is 3. The number of benzene rings is 2. The molecule has 50 heavy (non-hydrogen) atoms. The maximum Gasteiger partial charge on any atom is 0.308 e. The van der Waals surface area contributed by atoms with E-state index >= 15 is 0 Å². The molecular formula is C38H53N5O7. The summed E-state index contributed by atoms with van der Waals surface area (Å²) in [5.74, 6) is -2.16. The van der Waals surface area contributed by atoms with Crippen molar-refractivity contribution in [1.29, 1.82) is 0 Å². The largest absolute Gasteiger partial charge is 0.461 e. The van der Waals surface area contributed by atoms with Crippen molar-refractivity contribution in [3.05, 3.63) is 65.7 Å². The average Bonchev–Trinajstić information content (AvgIpc) is 3.38. The molecule has 1 fully saturated rings. The number of ether oxygens (including phenoxy) is 1. The molecule has 2 aromatic rings. The van der Waals surface area contributed by atoms with Crippen LogP contribution in [0.4, 0.5) is 5.69 Å². The first kappa shape index (κ1) is 39.9. The molecule has 0 radical (unpaired) electrons. The van der Waals surface area contributed by atoms with Gasteiger partial charge in [-0.1, -0.05) is 76.6 Å². The minimum absolute atomic E-state index is 0.110. The molecule has 5 amide bonds. The Kier molecular flexibility index (Phi) is 16.1. The van der Waals surface area contributed by atoms with Gasteiger partial charge >= 0.3 is 5.97 Å². The van der Waals surface area contributed by atoms with Gasteiger partial charge in [-0.05, 0) is 61.4 Å². The Morgan fingerprint density at radius 3 is 2.16 bits per heavy atom. The number of hydrogen-bond donors (Lipinski definition) is 4. The van der Waals surface area contributed by atoms with E-state index in [2.05, 4.69) is 16.0 Å². The van der Waals surface area contributed by atoms with E-state index in [4.69, 9.17) is 10.5 Å². The van der Waals surface area contributed by atoms with E-state index in [1.807, 2.05) is 44.2 Å². The summed E-state index contributed by atoms with van der Waals surface area (Å²) in [5, 5.41) is 8.52. The molecule has 1 heterocycles. The van der Waals surface area contributed by atoms with Gasteiger partial charge in [0.25, 0.3) is 0 Å². The maximum absolute atomic E-state index is 13.6. The Labute approximate surface area is 295 Å². The fourth-order valence-corrected chi connectivity index (χ4v) is 5.62. The zero-order chi connectivity index (χ0) is 36.6. The van der Waals surface area contributed by atoms with Crippen LogP contribution >= 0.6 is 0 Å². The number of hydrogen-bond acceptors (Lipinski definition) is 8. The first-order valence-electron chi connectivity index (χ1n) is 17.6. The van der Waals surface area contributed by atoms with Crippen LogP contribution in [0.1, 0.15) is 83.8 Å². The van der Waals surface area contributed by atoms with E-state index in [0.717, 1.165) is 11.1 Å². The van der Waals surface area contributed by atoms with Crippen molar-refractivity contribution < 1.29 is 33.5 Å². The van der Waals surface area contributed by atoms with E-state index in [1.165, 1.54) is 4.90 Å². The van der Waals surface area contributed by atoms with Crippen LogP contribution in [0.25, 0.3) is 0 Å². The molecule has 12 nitrogen and oxygen atoms in total. The van der Waals surface area contributed by atoms with Gasteiger partial charge in [0.2, 0.25) is 29.5 Å². The number of nitrogens with two attached hydrogens (primary N) is 1. The number of rotatable bonds is 20. The van der Waals surface area contributed by atoms with Crippen LogP contribution in [0.15, 0.2) is 54.6 Å². The molecule has 3 atom stereocenters. The average molecular weight is 692 g/mol. The summed E-state index contributed by atoms with van der Waals surface area (Å²) < 4.78 is 5.26. The molecule has 0 aromatic heterocycles. The van der Waals surface area contributed by atoms with Crippen molar-refractivity contribution >= 4 is 41.2 Å². The van der Waals surface area contributed by atoms with E-state index < -0.39 is 23.9 Å². The van der Waals surface area contributed by atoms with E-state index in [-0.39, 0.29) is 67.3 Å². The van der Waals surface area contributed by atoms with Gasteiger partial charge in [0.15, 0.2) is 0 Å². The molecule has 1 unspecified atom stereocenters. The molecule has 1 aliphatic heterocycles. The van der Waals surface area contributed by atoms with Crippen LogP contribution in [0.3, 0.4) is 0 Å². The molecule has 12 heteroatoms. The third kappa shape index (κ3) is 12.7. The highest BCUT2D eigenvalue weighted by Gasteiger charge is 2.39. The number of unbranched alkanes of at least 4 members (excludes halogenated alkanes) is 2. The molecule has 272 valence electrons. The van der Waals surface area contributed by atoms with Gasteiger partial charge in [0, 0.05) is 37.4 Å². The highest BCUT2D eigenvalue weighted by atomic mass is 16.5. The summed E-state index contributed by atoms with van der Waals surface area (Å²) in [6, 6.07) is 14.3. The lowest BCUT2D eigenvalue weighted by Gasteiger charge is -2.23. The van der Waals surface area contributed by atoms with E-state index in [0.29, 0.717) is 50.9 Å². The summed E-state index contributed by atoms with van der Waals surface area (Å²) in [5.41, 5.74) is 7.85. The zero-order valence-corrected chi connectivity index (χ0v) is 29.7. The number of imide groups is 1. The highest BCUT2D eigenvalue weighted by Crippen LogP contribution is 2.26. The summed E-state index contributed by atoms with van der Waals surface area (Å²) in [6.45, 7) is 8.18. The second kappa shape index (κ2) is 20.2. The smallest absolute Gasteiger partial charge is 0.308 e. The Balaban J connectivity index is 1.57. The number of carbonyl (C=O) groups excluding carboxylic acids is 6. The fourth-order valence-electron chi connectivity index (χ4n) is 5.62. The van der Waals surface area contributed by atoms with Gasteiger partial charge in [-0.3, -0.25) is 33.7 Å². The molecule has 3 rings (SSSR count). The lowest BCUT2D eigenvalue weighted by molar-refractivity contribution is -0.148. The Morgan fingerprint density at radius 1 is 0.840 bits per heavy atom. The van der Waals surface area contributed by atoms with Crippen LogP contribution in [0.2, 0.25) is 0 Å². The number of nitrogens with zero attached hydrogens (tertiary/aromatic N) is 1. The molecule has 2 aromatic carbocycles. The number of amides is 5. The molecule has 0 saturated carbocycles. The van der Waals surface area contributed by atoms with Gasteiger partial charge in [0.05, 0.1) is 5.92 Å². The van der Waals surface area contributed by atoms with E-state index in [9.17, 15) is 28.8 Å². The number of esters is 1. The normalized spacial score (nSPS) is 15.6. The lowest BCUT2D eigenvalue weighted by Crippen LogP contribution is -2.53. The van der Waals surface area contributed by atoms with Gasteiger partial charge in [-0.15, -0.1) is 0 Å². The monoisotopic (exact) mass is 691 g/mol. The summed E-state index contributed by atoms with van der Waals surface area (Å²) in [4.78, 5) is 78.0. The predicted octanol–water partition coefficient (Wildman–Crippen LogP) is 3.87. The first-order chi connectivity index (χ1) is 23.9. The van der Waals surface area contributed by atoms with Gasteiger partial charge < -0.3 is 26.4 Å². The van der Waals surface area contributed by atoms with Crippen LogP contribution in [-0.4, -0.2) is 65.6 Å². The molecule has 1 saturated heterocycles. The topological polar surface area (TPSA) is 177 Å². The van der Waals surface area contributed by atoms with Crippen molar-refractivity contribution in [3.63, 3.8) is 0 Å². The quantitative estimate of drug-likeness (QED) is 0.0919. The van der Waals surface area contributed by atoms with Crippen molar-refractivity contribution in [1.82, 2.24) is 15.5 Å². The van der Waals surface area contributed by atoms with Gasteiger partial charge in [-0.2, -0.15) is 0 Å². The molecule has 0 spiro atoms.